The quantitative estimate of drug-likeness (QED) is 0.152. The molecule has 0 fully saturated rings. The summed E-state index contributed by atoms with van der Waals surface area (Å²) in [5.74, 6) is 0. The maximum atomic E-state index is 4.48. The van der Waals surface area contributed by atoms with Gasteiger partial charge in [0.15, 0.2) is 0 Å². The third-order valence-corrected chi connectivity index (χ3v) is 11.6. The molecule has 0 bridgehead atoms. The number of hydrogen-bond donors (Lipinski definition) is 0. The van der Waals surface area contributed by atoms with Crippen molar-refractivity contribution in [2.45, 2.75) is 138 Å². The van der Waals surface area contributed by atoms with Crippen molar-refractivity contribution >= 4 is 54.1 Å². The van der Waals surface area contributed by atoms with Crippen LogP contribution in [0.5, 0.6) is 0 Å². The topological polar surface area (TPSA) is 38.7 Å². The van der Waals surface area contributed by atoms with E-state index in [1.54, 1.807) is 0 Å². The lowest BCUT2D eigenvalue weighted by atomic mass is 10.0. The zero-order valence-electron chi connectivity index (χ0n) is 46.9. The van der Waals surface area contributed by atoms with E-state index in [0.717, 1.165) is 22.4 Å². The third-order valence-electron chi connectivity index (χ3n) is 11.6. The van der Waals surface area contributed by atoms with Gasteiger partial charge in [0.1, 0.15) is 0 Å². The molecule has 70 heavy (non-hydrogen) atoms. The third kappa shape index (κ3) is 18.0. The van der Waals surface area contributed by atoms with Crippen LogP contribution in [0.25, 0.3) is 54.1 Å². The number of fused-ring (bicyclic) bond motifs is 5. The Hall–Kier alpha value is -6.71. The van der Waals surface area contributed by atoms with Crippen molar-refractivity contribution in [1.82, 2.24) is 15.0 Å². The Labute approximate surface area is 425 Å². The molecule has 10 aromatic rings. The van der Waals surface area contributed by atoms with Crippen LogP contribution in [-0.4, -0.2) is 15.0 Å². The summed E-state index contributed by atoms with van der Waals surface area (Å²) in [7, 11) is 0. The van der Waals surface area contributed by atoms with Gasteiger partial charge in [-0.15, -0.1) is 0 Å². The van der Waals surface area contributed by atoms with Gasteiger partial charge in [-0.2, -0.15) is 0 Å². The summed E-state index contributed by atoms with van der Waals surface area (Å²) in [5.41, 5.74) is 15.0. The maximum absolute atomic E-state index is 4.48. The van der Waals surface area contributed by atoms with Gasteiger partial charge in [0.2, 0.25) is 0 Å². The molecule has 0 aliphatic heterocycles. The zero-order chi connectivity index (χ0) is 52.8. The lowest BCUT2D eigenvalue weighted by Crippen LogP contribution is -1.87. The summed E-state index contributed by atoms with van der Waals surface area (Å²) in [4.78, 5) is 13.1. The van der Waals surface area contributed by atoms with Gasteiger partial charge in [0.25, 0.3) is 0 Å². The molecular formula is C67H87N3. The predicted octanol–water partition coefficient (Wildman–Crippen LogP) is 20.6. The first kappa shape index (κ1) is 61.3. The summed E-state index contributed by atoms with van der Waals surface area (Å²) in [6.07, 6.45) is 3.86. The average molecular weight is 934 g/mol. The Balaban J connectivity index is 0.000000418. The molecule has 3 nitrogen and oxygen atoms in total. The van der Waals surface area contributed by atoms with Crippen LogP contribution in [0, 0.1) is 69.2 Å². The van der Waals surface area contributed by atoms with Crippen LogP contribution >= 0.6 is 0 Å². The lowest BCUT2D eigenvalue weighted by molar-refractivity contribution is 1.18. The molecule has 0 spiro atoms. The van der Waals surface area contributed by atoms with E-state index in [2.05, 4.69) is 186 Å². The number of nitrogens with zero attached hydrogens (tertiary/aromatic N) is 3. The minimum atomic E-state index is 1.08. The second-order valence-corrected chi connectivity index (χ2v) is 15.7. The van der Waals surface area contributed by atoms with E-state index >= 15 is 0 Å². The summed E-state index contributed by atoms with van der Waals surface area (Å²) >= 11 is 0. The van der Waals surface area contributed by atoms with Gasteiger partial charge < -0.3 is 0 Å². The van der Waals surface area contributed by atoms with Gasteiger partial charge in [0, 0.05) is 39.9 Å². The van der Waals surface area contributed by atoms with Crippen LogP contribution in [0.15, 0.2) is 164 Å². The first-order valence-corrected chi connectivity index (χ1v) is 25.8. The fraction of sp³-hybridized carbons (Fsp3) is 0.299. The zero-order valence-corrected chi connectivity index (χ0v) is 46.9. The first-order valence-electron chi connectivity index (χ1n) is 25.8. The van der Waals surface area contributed by atoms with Crippen LogP contribution in [0.2, 0.25) is 0 Å². The largest absolute Gasteiger partial charge is 0.261 e. The van der Waals surface area contributed by atoms with E-state index in [-0.39, 0.29) is 0 Å². The molecule has 3 heteroatoms. The Kier molecular flexibility index (Phi) is 29.5. The molecule has 0 amide bonds. The number of hydrogen-bond acceptors (Lipinski definition) is 3. The molecule has 370 valence electrons. The van der Waals surface area contributed by atoms with Crippen molar-refractivity contribution in [3.8, 4) is 0 Å². The fourth-order valence-electron chi connectivity index (χ4n) is 7.11. The Morgan fingerprint density at radius 2 is 0.657 bits per heavy atom. The highest BCUT2D eigenvalue weighted by Gasteiger charge is 2.01. The van der Waals surface area contributed by atoms with Crippen molar-refractivity contribution in [1.29, 1.82) is 0 Å². The number of aromatic nitrogens is 3. The molecule has 10 rings (SSSR count). The van der Waals surface area contributed by atoms with E-state index in [4.69, 9.17) is 0 Å². The van der Waals surface area contributed by atoms with Crippen molar-refractivity contribution in [3.05, 3.63) is 220 Å². The van der Waals surface area contributed by atoms with Gasteiger partial charge in [0.05, 0.1) is 11.0 Å². The van der Waals surface area contributed by atoms with E-state index in [1.807, 2.05) is 132 Å². The molecule has 0 radical (unpaired) electrons. The second kappa shape index (κ2) is 33.7. The predicted molar refractivity (Wildman–Crippen MR) is 317 cm³/mol. The molecular weight excluding hydrogens is 847 g/mol. The Bertz CT molecular complexity index is 2670. The highest BCUT2D eigenvalue weighted by atomic mass is 14.7. The molecule has 0 atom stereocenters. The molecule has 0 N–H and O–H groups in total. The van der Waals surface area contributed by atoms with Crippen LogP contribution in [0.3, 0.4) is 0 Å². The standard InChI is InChI=1S/2C12H12.3C11H11N.5C2H6/c1-9-7-11-5-3-4-6-12(11)8-10(9)2;1-9-7-8-11-5-3-4-6-12(11)10(9)2;1-8-9(2)12-7-10-5-3-4-6-11(8)10;1-8-7-12-11-6-4-3-5-10(11)9(8)2;1-8-7-10-5-3-4-6-11(10)12-9(8)2;5*1-2/h2*3-8H,1-2H3;3*3-7H,1-2H3;5*1-2H3. The molecule has 0 saturated heterocycles. The highest BCUT2D eigenvalue weighted by molar-refractivity contribution is 5.87. The SMILES string of the molecule is CC.CC.CC.CC.CC.Cc1cc2ccccc2cc1C.Cc1cc2ccccc2nc1C.Cc1ccc2ccccc2c1C.Cc1cnc2ccccc2c1C.Cc1ncc2ccccc2c1C. The Morgan fingerprint density at radius 1 is 0.257 bits per heavy atom. The molecule has 7 aromatic carbocycles. The number of benzene rings is 7. The molecule has 0 aliphatic rings. The van der Waals surface area contributed by atoms with Crippen LogP contribution in [0.4, 0.5) is 0 Å². The van der Waals surface area contributed by atoms with Crippen LogP contribution in [0.1, 0.15) is 125 Å². The summed E-state index contributed by atoms with van der Waals surface area (Å²) in [6.45, 7) is 41.2. The molecule has 3 aromatic heterocycles. The van der Waals surface area contributed by atoms with E-state index < -0.39 is 0 Å². The minimum Gasteiger partial charge on any atom is -0.261 e. The number of para-hydroxylation sites is 2. The van der Waals surface area contributed by atoms with Crippen molar-refractivity contribution < 1.29 is 0 Å². The highest BCUT2D eigenvalue weighted by Crippen LogP contribution is 2.22. The van der Waals surface area contributed by atoms with Crippen LogP contribution in [-0.2, 0) is 0 Å². The van der Waals surface area contributed by atoms with E-state index in [9.17, 15) is 0 Å². The van der Waals surface area contributed by atoms with E-state index in [0.29, 0.717) is 0 Å². The lowest BCUT2D eigenvalue weighted by Gasteiger charge is -2.04. The number of pyridine rings is 3. The van der Waals surface area contributed by atoms with Crippen molar-refractivity contribution in [3.63, 3.8) is 0 Å². The average Bonchev–Trinajstić information content (AvgIpc) is 3.42. The molecule has 0 saturated carbocycles. The number of rotatable bonds is 0. The molecule has 0 aliphatic carbocycles. The van der Waals surface area contributed by atoms with Crippen molar-refractivity contribution in [2.75, 3.05) is 0 Å². The maximum Gasteiger partial charge on any atom is 0.0705 e. The first-order chi connectivity index (χ1) is 33.9. The van der Waals surface area contributed by atoms with Gasteiger partial charge in [-0.3, -0.25) is 15.0 Å². The number of aryl methyl sites for hydroxylation is 10. The smallest absolute Gasteiger partial charge is 0.0705 e. The van der Waals surface area contributed by atoms with Crippen molar-refractivity contribution in [2.24, 2.45) is 0 Å². The van der Waals surface area contributed by atoms with Gasteiger partial charge in [-0.25, -0.2) is 0 Å². The molecule has 3 heterocycles. The monoisotopic (exact) mass is 934 g/mol. The van der Waals surface area contributed by atoms with Gasteiger partial charge in [-0.1, -0.05) is 203 Å². The summed E-state index contributed by atoms with van der Waals surface area (Å²) in [5, 5.41) is 10.4. The summed E-state index contributed by atoms with van der Waals surface area (Å²) < 4.78 is 0. The summed E-state index contributed by atoms with van der Waals surface area (Å²) in [6, 6.07) is 52.7. The van der Waals surface area contributed by atoms with E-state index in [1.165, 1.54) is 87.6 Å². The minimum absolute atomic E-state index is 1.08. The normalized spacial score (nSPS) is 9.43. The van der Waals surface area contributed by atoms with Gasteiger partial charge in [-0.05, 0) is 159 Å². The fourth-order valence-corrected chi connectivity index (χ4v) is 7.11. The Morgan fingerprint density at radius 3 is 1.20 bits per heavy atom. The second-order valence-electron chi connectivity index (χ2n) is 15.7. The van der Waals surface area contributed by atoms with Gasteiger partial charge >= 0.3 is 0 Å². The van der Waals surface area contributed by atoms with Crippen LogP contribution < -0.4 is 0 Å². The molecule has 0 unspecified atom stereocenters.